The van der Waals surface area contributed by atoms with E-state index in [1.165, 1.54) is 58.8 Å². The number of pyridine rings is 1. The van der Waals surface area contributed by atoms with Gasteiger partial charge in [-0.25, -0.2) is 0 Å². The van der Waals surface area contributed by atoms with Gasteiger partial charge in [0.1, 0.15) is 0 Å². The summed E-state index contributed by atoms with van der Waals surface area (Å²) in [6, 6.07) is 16.4. The van der Waals surface area contributed by atoms with E-state index >= 15 is 0 Å². The van der Waals surface area contributed by atoms with E-state index in [1.807, 2.05) is 0 Å². The van der Waals surface area contributed by atoms with Crippen molar-refractivity contribution in [2.24, 2.45) is 0 Å². The number of allylic oxidation sites excluding steroid dienone is 1. The SMILES string of the molecule is C=C1c2ccccc2-c2cc3cc4c(cc3c[n+]2C1(CC)CC)C1CCC4CC1. The molecule has 1 heteroatoms. The van der Waals surface area contributed by atoms with Crippen LogP contribution in [0.2, 0.25) is 0 Å². The second kappa shape index (κ2) is 6.05. The molecule has 0 unspecified atom stereocenters. The van der Waals surface area contributed by atoms with Gasteiger partial charge in [-0.1, -0.05) is 44.7 Å². The molecule has 3 aliphatic carbocycles. The average Bonchev–Trinajstić information content (AvgIpc) is 2.79. The Morgan fingerprint density at radius 2 is 1.45 bits per heavy atom. The molecular weight excluding hydrogens is 350 g/mol. The van der Waals surface area contributed by atoms with E-state index in [0.717, 1.165) is 24.7 Å². The van der Waals surface area contributed by atoms with E-state index in [1.54, 1.807) is 11.1 Å². The van der Waals surface area contributed by atoms with Crippen LogP contribution in [-0.2, 0) is 5.54 Å². The van der Waals surface area contributed by atoms with Crippen molar-refractivity contribution in [2.75, 3.05) is 0 Å². The average molecular weight is 381 g/mol. The van der Waals surface area contributed by atoms with E-state index < -0.39 is 0 Å². The van der Waals surface area contributed by atoms with Gasteiger partial charge in [0.15, 0.2) is 11.7 Å². The summed E-state index contributed by atoms with van der Waals surface area (Å²) < 4.78 is 2.56. The Morgan fingerprint density at radius 1 is 0.862 bits per heavy atom. The molecule has 7 rings (SSSR count). The zero-order valence-electron chi connectivity index (χ0n) is 17.7. The van der Waals surface area contributed by atoms with Gasteiger partial charge in [-0.05, 0) is 71.7 Å². The first-order chi connectivity index (χ1) is 14.2. The van der Waals surface area contributed by atoms with Gasteiger partial charge in [0, 0.05) is 29.9 Å². The monoisotopic (exact) mass is 380 g/mol. The Kier molecular flexibility index (Phi) is 3.64. The second-order valence-electron chi connectivity index (χ2n) is 9.45. The van der Waals surface area contributed by atoms with Crippen molar-refractivity contribution in [3.8, 4) is 11.3 Å². The Bertz CT molecular complexity index is 1160. The summed E-state index contributed by atoms with van der Waals surface area (Å²) in [5, 5.41) is 2.81. The van der Waals surface area contributed by atoms with Gasteiger partial charge in [0.2, 0.25) is 5.69 Å². The summed E-state index contributed by atoms with van der Waals surface area (Å²) in [6.45, 7) is 9.24. The predicted octanol–water partition coefficient (Wildman–Crippen LogP) is 7.09. The molecule has 146 valence electrons. The van der Waals surface area contributed by atoms with Crippen LogP contribution in [-0.4, -0.2) is 0 Å². The van der Waals surface area contributed by atoms with E-state index in [9.17, 15) is 0 Å². The first kappa shape index (κ1) is 17.4. The molecule has 2 bridgehead atoms. The van der Waals surface area contributed by atoms with Crippen LogP contribution >= 0.6 is 0 Å². The molecule has 1 saturated carbocycles. The van der Waals surface area contributed by atoms with E-state index in [4.69, 9.17) is 0 Å². The summed E-state index contributed by atoms with van der Waals surface area (Å²) >= 11 is 0. The summed E-state index contributed by atoms with van der Waals surface area (Å²) in [4.78, 5) is 0. The number of rotatable bonds is 2. The van der Waals surface area contributed by atoms with Crippen molar-refractivity contribution in [1.29, 1.82) is 0 Å². The van der Waals surface area contributed by atoms with E-state index in [2.05, 4.69) is 73.7 Å². The molecule has 2 heterocycles. The molecule has 0 atom stereocenters. The van der Waals surface area contributed by atoms with Crippen molar-refractivity contribution >= 4 is 16.3 Å². The van der Waals surface area contributed by atoms with Gasteiger partial charge in [0.25, 0.3) is 0 Å². The fraction of sp³-hybridized carbons (Fsp3) is 0.393. The number of nitrogens with zero attached hydrogens (tertiary/aromatic N) is 1. The van der Waals surface area contributed by atoms with Gasteiger partial charge in [-0.2, -0.15) is 4.57 Å². The van der Waals surface area contributed by atoms with Crippen LogP contribution in [0.15, 0.2) is 55.2 Å². The standard InChI is InChI=1S/C28H30N/c1-4-28(5-2)18(3)23-8-6-7-9-24(23)27-16-21-14-25-19-10-12-20(13-11-19)26(25)15-22(21)17-29(27)28/h6-9,14-17,19-20H,3-5,10-13H2,1-2H3/q+1. The third-order valence-electron chi connectivity index (χ3n) is 8.44. The molecule has 1 aromatic heterocycles. The van der Waals surface area contributed by atoms with Gasteiger partial charge in [0.05, 0.1) is 5.56 Å². The summed E-state index contributed by atoms with van der Waals surface area (Å²) in [5.74, 6) is 1.58. The summed E-state index contributed by atoms with van der Waals surface area (Å²) in [6.07, 6.45) is 10.1. The van der Waals surface area contributed by atoms with Crippen LogP contribution in [0, 0.1) is 0 Å². The summed E-state index contributed by atoms with van der Waals surface area (Å²) in [5.41, 5.74) is 8.54. The maximum Gasteiger partial charge on any atom is 0.214 e. The van der Waals surface area contributed by atoms with Crippen molar-refractivity contribution in [2.45, 2.75) is 69.7 Å². The Labute approximate surface area is 174 Å². The number of fused-ring (bicyclic) bond motifs is 6. The zero-order valence-corrected chi connectivity index (χ0v) is 17.7. The van der Waals surface area contributed by atoms with Gasteiger partial charge >= 0.3 is 0 Å². The molecule has 3 aromatic rings. The van der Waals surface area contributed by atoms with Crippen LogP contribution in [0.4, 0.5) is 0 Å². The highest BCUT2D eigenvalue weighted by molar-refractivity contribution is 5.90. The molecular formula is C28H30N+. The molecule has 1 fully saturated rings. The fourth-order valence-electron chi connectivity index (χ4n) is 6.70. The minimum Gasteiger partial charge on any atom is -0.188 e. The molecule has 0 radical (unpaired) electrons. The summed E-state index contributed by atoms with van der Waals surface area (Å²) in [7, 11) is 0. The lowest BCUT2D eigenvalue weighted by Gasteiger charge is -2.39. The second-order valence-corrected chi connectivity index (χ2v) is 9.45. The number of benzene rings is 2. The number of hydrogen-bond donors (Lipinski definition) is 0. The van der Waals surface area contributed by atoms with Gasteiger partial charge in [-0.3, -0.25) is 0 Å². The first-order valence-corrected chi connectivity index (χ1v) is 11.5. The van der Waals surface area contributed by atoms with Crippen LogP contribution in [0.3, 0.4) is 0 Å². The van der Waals surface area contributed by atoms with Crippen molar-refractivity contribution in [1.82, 2.24) is 0 Å². The third kappa shape index (κ3) is 2.19. The van der Waals surface area contributed by atoms with E-state index in [0.29, 0.717) is 0 Å². The molecule has 0 amide bonds. The first-order valence-electron chi connectivity index (χ1n) is 11.5. The van der Waals surface area contributed by atoms with Crippen molar-refractivity contribution in [3.63, 3.8) is 0 Å². The molecule has 1 aliphatic heterocycles. The third-order valence-corrected chi connectivity index (χ3v) is 8.44. The fourth-order valence-corrected chi connectivity index (χ4v) is 6.70. The Balaban J connectivity index is 1.68. The number of aromatic nitrogens is 1. The smallest absolute Gasteiger partial charge is 0.188 e. The molecule has 2 aromatic carbocycles. The predicted molar refractivity (Wildman–Crippen MR) is 121 cm³/mol. The van der Waals surface area contributed by atoms with Crippen LogP contribution in [0.1, 0.15) is 80.9 Å². The van der Waals surface area contributed by atoms with Gasteiger partial charge in [-0.15, -0.1) is 0 Å². The normalized spacial score (nSPS) is 23.6. The Morgan fingerprint density at radius 3 is 2.07 bits per heavy atom. The highest BCUT2D eigenvalue weighted by Crippen LogP contribution is 2.51. The highest BCUT2D eigenvalue weighted by Gasteiger charge is 2.47. The maximum absolute atomic E-state index is 4.61. The Hall–Kier alpha value is -2.41. The molecule has 1 nitrogen and oxygen atoms in total. The van der Waals surface area contributed by atoms with E-state index in [-0.39, 0.29) is 5.54 Å². The largest absolute Gasteiger partial charge is 0.214 e. The van der Waals surface area contributed by atoms with Gasteiger partial charge < -0.3 is 0 Å². The minimum atomic E-state index is -0.0349. The van der Waals surface area contributed by atoms with Crippen LogP contribution < -0.4 is 4.57 Å². The minimum absolute atomic E-state index is 0.0349. The molecule has 29 heavy (non-hydrogen) atoms. The quantitative estimate of drug-likeness (QED) is 0.418. The van der Waals surface area contributed by atoms with Crippen molar-refractivity contribution in [3.05, 3.63) is 71.9 Å². The molecule has 4 aliphatic rings. The zero-order chi connectivity index (χ0) is 19.8. The van der Waals surface area contributed by atoms with Crippen molar-refractivity contribution < 1.29 is 4.57 Å². The highest BCUT2D eigenvalue weighted by atomic mass is 15.1. The number of hydrogen-bond acceptors (Lipinski definition) is 0. The maximum atomic E-state index is 4.61. The lowest BCUT2D eigenvalue weighted by molar-refractivity contribution is -0.740. The topological polar surface area (TPSA) is 3.88 Å². The van der Waals surface area contributed by atoms with Crippen LogP contribution in [0.25, 0.3) is 27.6 Å². The van der Waals surface area contributed by atoms with Crippen LogP contribution in [0.5, 0.6) is 0 Å². The lowest BCUT2D eigenvalue weighted by atomic mass is 9.66. The molecule has 0 spiro atoms. The lowest BCUT2D eigenvalue weighted by Crippen LogP contribution is -2.59. The molecule has 0 saturated heterocycles. The molecule has 0 N–H and O–H groups in total.